The summed E-state index contributed by atoms with van der Waals surface area (Å²) in [6.07, 6.45) is 1.44. The maximum atomic E-state index is 12.8. The lowest BCUT2D eigenvalue weighted by Gasteiger charge is -2.27. The van der Waals surface area contributed by atoms with Gasteiger partial charge >= 0.3 is 0 Å². The molecule has 1 fully saturated rings. The molecule has 3 rings (SSSR count). The summed E-state index contributed by atoms with van der Waals surface area (Å²) in [5.41, 5.74) is 0.588. The van der Waals surface area contributed by atoms with Crippen LogP contribution in [0, 0.1) is 0 Å². The van der Waals surface area contributed by atoms with Gasteiger partial charge in [0.25, 0.3) is 5.91 Å². The average Bonchev–Trinajstić information content (AvgIpc) is 3.25. The van der Waals surface area contributed by atoms with Crippen molar-refractivity contribution in [1.29, 1.82) is 0 Å². The van der Waals surface area contributed by atoms with Crippen LogP contribution >= 0.6 is 11.3 Å². The fraction of sp³-hybridized carbons (Fsp3) is 0.368. The van der Waals surface area contributed by atoms with Crippen LogP contribution in [0.1, 0.15) is 48.0 Å². The lowest BCUT2D eigenvalue weighted by Crippen LogP contribution is -2.39. The number of hydrogen-bond acceptors (Lipinski definition) is 4. The highest BCUT2D eigenvalue weighted by Gasteiger charge is 2.33. The second-order valence-corrected chi connectivity index (χ2v) is 7.03. The molecular weight excluding hydrogens is 322 g/mol. The molecule has 0 spiro atoms. The second kappa shape index (κ2) is 7.18. The first-order valence-corrected chi connectivity index (χ1v) is 9.06. The molecule has 2 atom stereocenters. The molecule has 1 aliphatic rings. The molecule has 1 aliphatic heterocycles. The minimum absolute atomic E-state index is 0.000807. The fourth-order valence-electron chi connectivity index (χ4n) is 3.08. The first kappa shape index (κ1) is 16.7. The smallest absolute Gasteiger partial charge is 0.263 e. The van der Waals surface area contributed by atoms with E-state index in [1.54, 1.807) is 42.5 Å². The van der Waals surface area contributed by atoms with Crippen molar-refractivity contribution in [3.63, 3.8) is 0 Å². The van der Waals surface area contributed by atoms with E-state index >= 15 is 0 Å². The van der Waals surface area contributed by atoms with E-state index in [0.29, 0.717) is 11.3 Å². The highest BCUT2D eigenvalue weighted by Crippen LogP contribution is 2.35. The third-order valence-electron chi connectivity index (χ3n) is 4.31. The van der Waals surface area contributed by atoms with E-state index in [1.807, 2.05) is 16.3 Å². The lowest BCUT2D eigenvalue weighted by molar-refractivity contribution is -0.138. The van der Waals surface area contributed by atoms with Gasteiger partial charge in [-0.3, -0.25) is 9.59 Å². The van der Waals surface area contributed by atoms with Crippen molar-refractivity contribution >= 4 is 23.0 Å². The zero-order chi connectivity index (χ0) is 17.1. The largest absolute Gasteiger partial charge is 0.481 e. The Kier molecular flexibility index (Phi) is 5.00. The standard InChI is InChI=1S/C19H21NO3S/c1-13(21)15-6-3-7-16(12-15)23-14(2)19(22)20-10-4-8-17(20)18-9-5-11-24-18/h3,5-7,9,11-12,14,17H,4,8,10H2,1-2H3. The van der Waals surface area contributed by atoms with E-state index < -0.39 is 6.10 Å². The number of nitrogens with zero attached hydrogens (tertiary/aromatic N) is 1. The van der Waals surface area contributed by atoms with Gasteiger partial charge in [0.2, 0.25) is 0 Å². The highest BCUT2D eigenvalue weighted by atomic mass is 32.1. The molecule has 0 N–H and O–H groups in total. The van der Waals surface area contributed by atoms with Gasteiger partial charge in [-0.25, -0.2) is 0 Å². The van der Waals surface area contributed by atoms with E-state index in [4.69, 9.17) is 4.74 Å². The number of thiophene rings is 1. The van der Waals surface area contributed by atoms with E-state index in [9.17, 15) is 9.59 Å². The van der Waals surface area contributed by atoms with Gasteiger partial charge in [0.15, 0.2) is 11.9 Å². The van der Waals surface area contributed by atoms with Crippen LogP contribution in [0.2, 0.25) is 0 Å². The van der Waals surface area contributed by atoms with Crippen LogP contribution in [-0.2, 0) is 4.79 Å². The van der Waals surface area contributed by atoms with Crippen molar-refractivity contribution in [2.24, 2.45) is 0 Å². The molecule has 2 heterocycles. The monoisotopic (exact) mass is 343 g/mol. The van der Waals surface area contributed by atoms with Gasteiger partial charge in [0.05, 0.1) is 6.04 Å². The summed E-state index contributed by atoms with van der Waals surface area (Å²) in [6, 6.07) is 11.2. The summed E-state index contributed by atoms with van der Waals surface area (Å²) >= 11 is 1.69. The van der Waals surface area contributed by atoms with Crippen molar-refractivity contribution < 1.29 is 14.3 Å². The Morgan fingerprint density at radius 3 is 2.83 bits per heavy atom. The molecular formula is C19H21NO3S. The number of amides is 1. The lowest BCUT2D eigenvalue weighted by atomic mass is 10.1. The van der Waals surface area contributed by atoms with Crippen LogP contribution in [0.3, 0.4) is 0 Å². The van der Waals surface area contributed by atoms with Crippen LogP contribution in [0.4, 0.5) is 0 Å². The van der Waals surface area contributed by atoms with Crippen molar-refractivity contribution in [2.75, 3.05) is 6.54 Å². The number of hydrogen-bond donors (Lipinski definition) is 0. The summed E-state index contributed by atoms with van der Waals surface area (Å²) < 4.78 is 5.81. The summed E-state index contributed by atoms with van der Waals surface area (Å²) in [5, 5.41) is 2.05. The fourth-order valence-corrected chi connectivity index (χ4v) is 3.96. The van der Waals surface area contributed by atoms with E-state index in [-0.39, 0.29) is 17.7 Å². The predicted molar refractivity (Wildman–Crippen MR) is 94.5 cm³/mol. The average molecular weight is 343 g/mol. The molecule has 0 bridgehead atoms. The van der Waals surface area contributed by atoms with Crippen molar-refractivity contribution in [2.45, 2.75) is 38.8 Å². The molecule has 1 aromatic carbocycles. The number of carbonyl (C=O) groups excluding carboxylic acids is 2. The maximum absolute atomic E-state index is 12.8. The minimum atomic E-state index is -0.576. The quantitative estimate of drug-likeness (QED) is 0.769. The van der Waals surface area contributed by atoms with E-state index in [0.717, 1.165) is 19.4 Å². The molecule has 0 radical (unpaired) electrons. The molecule has 126 valence electrons. The molecule has 2 unspecified atom stereocenters. The molecule has 1 amide bonds. The Bertz CT molecular complexity index is 726. The predicted octanol–water partition coefficient (Wildman–Crippen LogP) is 4.08. The number of likely N-dealkylation sites (tertiary alicyclic amines) is 1. The normalized spacial score (nSPS) is 18.4. The Hall–Kier alpha value is -2.14. The zero-order valence-corrected chi connectivity index (χ0v) is 14.7. The Balaban J connectivity index is 1.70. The van der Waals surface area contributed by atoms with Gasteiger partial charge in [-0.15, -0.1) is 11.3 Å². The first-order valence-electron chi connectivity index (χ1n) is 8.18. The van der Waals surface area contributed by atoms with Gasteiger partial charge in [-0.05, 0) is 50.3 Å². The molecule has 0 saturated carbocycles. The van der Waals surface area contributed by atoms with Crippen molar-refractivity contribution in [3.05, 3.63) is 52.2 Å². The number of ketones is 1. The molecule has 5 heteroatoms. The highest BCUT2D eigenvalue weighted by molar-refractivity contribution is 7.10. The number of rotatable bonds is 5. The zero-order valence-electron chi connectivity index (χ0n) is 13.9. The van der Waals surface area contributed by atoms with Gasteiger partial charge in [-0.1, -0.05) is 18.2 Å². The summed E-state index contributed by atoms with van der Waals surface area (Å²) in [5.74, 6) is 0.534. The molecule has 4 nitrogen and oxygen atoms in total. The van der Waals surface area contributed by atoms with E-state index in [1.165, 1.54) is 11.8 Å². The van der Waals surface area contributed by atoms with Gasteiger partial charge < -0.3 is 9.64 Å². The number of benzene rings is 1. The number of ether oxygens (including phenoxy) is 1. The molecule has 1 saturated heterocycles. The third-order valence-corrected chi connectivity index (χ3v) is 5.28. The van der Waals surface area contributed by atoms with Crippen LogP contribution in [0.25, 0.3) is 0 Å². The molecule has 0 aliphatic carbocycles. The van der Waals surface area contributed by atoms with Gasteiger partial charge in [0.1, 0.15) is 5.75 Å². The summed E-state index contributed by atoms with van der Waals surface area (Å²) in [7, 11) is 0. The van der Waals surface area contributed by atoms with Crippen molar-refractivity contribution in [3.8, 4) is 5.75 Å². The topological polar surface area (TPSA) is 46.6 Å². The summed E-state index contributed by atoms with van der Waals surface area (Å²) in [6.45, 7) is 4.05. The number of Topliss-reactive ketones (excluding diaryl/α,β-unsaturated/α-hetero) is 1. The van der Waals surface area contributed by atoms with E-state index in [2.05, 4.69) is 6.07 Å². The second-order valence-electron chi connectivity index (χ2n) is 6.05. The van der Waals surface area contributed by atoms with Crippen LogP contribution in [0.5, 0.6) is 5.75 Å². The van der Waals surface area contributed by atoms with Crippen molar-refractivity contribution in [1.82, 2.24) is 4.90 Å². The summed E-state index contributed by atoms with van der Waals surface area (Å²) in [4.78, 5) is 27.4. The van der Waals surface area contributed by atoms with Gasteiger partial charge in [0, 0.05) is 17.0 Å². The third kappa shape index (κ3) is 3.51. The molecule has 1 aromatic heterocycles. The Labute approximate surface area is 146 Å². The SMILES string of the molecule is CC(=O)c1cccc(OC(C)C(=O)N2CCCC2c2cccs2)c1. The molecule has 24 heavy (non-hydrogen) atoms. The minimum Gasteiger partial charge on any atom is -0.481 e. The van der Waals surface area contributed by atoms with Gasteiger partial charge in [-0.2, -0.15) is 0 Å². The maximum Gasteiger partial charge on any atom is 0.263 e. The first-order chi connectivity index (χ1) is 11.6. The Morgan fingerprint density at radius 1 is 1.29 bits per heavy atom. The van der Waals surface area contributed by atoms with Crippen LogP contribution in [0.15, 0.2) is 41.8 Å². The number of carbonyl (C=O) groups is 2. The Morgan fingerprint density at radius 2 is 2.12 bits per heavy atom. The van der Waals surface area contributed by atoms with Crippen LogP contribution in [-0.4, -0.2) is 29.2 Å². The molecule has 2 aromatic rings. The van der Waals surface area contributed by atoms with Crippen LogP contribution < -0.4 is 4.74 Å².